The lowest BCUT2D eigenvalue weighted by atomic mass is 10.2. The predicted octanol–water partition coefficient (Wildman–Crippen LogP) is 2.51. The van der Waals surface area contributed by atoms with E-state index in [1.165, 1.54) is 42.5 Å². The second-order valence-electron chi connectivity index (χ2n) is 5.41. The molecule has 2 aromatic rings. The van der Waals surface area contributed by atoms with Crippen molar-refractivity contribution in [3.63, 3.8) is 0 Å². The molecule has 0 aliphatic carbocycles. The molecule has 10 nitrogen and oxygen atoms in total. The average Bonchev–Trinajstić information content (AvgIpc) is 2.69. The first-order valence-corrected chi connectivity index (χ1v) is 8.55. The number of esters is 1. The number of hydrogen-bond donors (Lipinski definition) is 2. The Morgan fingerprint density at radius 1 is 1.17 bits per heavy atom. The second kappa shape index (κ2) is 9.95. The molecular formula is C18H15ClN4O6. The molecule has 0 aromatic heterocycles. The molecule has 0 saturated carbocycles. The first-order valence-electron chi connectivity index (χ1n) is 8.17. The van der Waals surface area contributed by atoms with Crippen LogP contribution in [0.3, 0.4) is 0 Å². The number of nitro benzene ring substituents is 1. The fourth-order valence-electron chi connectivity index (χ4n) is 2.05. The maximum atomic E-state index is 11.9. The molecule has 0 aliphatic heterocycles. The van der Waals surface area contributed by atoms with Gasteiger partial charge in [-0.3, -0.25) is 19.7 Å². The zero-order valence-electron chi connectivity index (χ0n) is 15.0. The lowest BCUT2D eigenvalue weighted by molar-refractivity contribution is -0.384. The van der Waals surface area contributed by atoms with E-state index in [1.807, 2.05) is 5.43 Å². The molecule has 0 fully saturated rings. The van der Waals surface area contributed by atoms with Crippen molar-refractivity contribution in [1.82, 2.24) is 5.43 Å². The van der Waals surface area contributed by atoms with Crippen LogP contribution in [0.5, 0.6) is 0 Å². The van der Waals surface area contributed by atoms with Gasteiger partial charge in [-0.1, -0.05) is 11.6 Å². The number of carbonyl (C=O) groups is 3. The van der Waals surface area contributed by atoms with Gasteiger partial charge in [0, 0.05) is 28.4 Å². The number of rotatable bonds is 6. The van der Waals surface area contributed by atoms with Crippen LogP contribution in [-0.4, -0.2) is 35.5 Å². The molecule has 0 saturated heterocycles. The Kier molecular flexibility index (Phi) is 7.38. The van der Waals surface area contributed by atoms with E-state index in [2.05, 4.69) is 10.4 Å². The second-order valence-corrected chi connectivity index (χ2v) is 5.82. The molecule has 0 atom stereocenters. The van der Waals surface area contributed by atoms with Crippen molar-refractivity contribution >= 4 is 47.0 Å². The van der Waals surface area contributed by atoms with Crippen molar-refractivity contribution in [2.24, 2.45) is 5.10 Å². The summed E-state index contributed by atoms with van der Waals surface area (Å²) in [5.41, 5.74) is 2.56. The summed E-state index contributed by atoms with van der Waals surface area (Å²) in [6.07, 6.45) is 1.08. The maximum absolute atomic E-state index is 11.9. The monoisotopic (exact) mass is 418 g/mol. The van der Waals surface area contributed by atoms with Gasteiger partial charge in [0.15, 0.2) is 0 Å². The minimum absolute atomic E-state index is 0.180. The van der Waals surface area contributed by atoms with Gasteiger partial charge in [0.1, 0.15) is 0 Å². The van der Waals surface area contributed by atoms with E-state index >= 15 is 0 Å². The van der Waals surface area contributed by atoms with E-state index in [4.69, 9.17) is 16.3 Å². The fraction of sp³-hybridized carbons (Fsp3) is 0.111. The fourth-order valence-corrected chi connectivity index (χ4v) is 2.21. The molecule has 0 spiro atoms. The first-order chi connectivity index (χ1) is 13.8. The molecule has 150 valence electrons. The Labute approximate surface area is 169 Å². The van der Waals surface area contributed by atoms with Crippen LogP contribution in [0.15, 0.2) is 47.6 Å². The highest BCUT2D eigenvalue weighted by atomic mass is 35.5. The summed E-state index contributed by atoms with van der Waals surface area (Å²) in [5, 5.41) is 16.9. The van der Waals surface area contributed by atoms with Crippen LogP contribution >= 0.6 is 11.6 Å². The van der Waals surface area contributed by atoms with Crippen LogP contribution in [0.4, 0.5) is 11.4 Å². The quantitative estimate of drug-likeness (QED) is 0.243. The molecule has 2 N–H and O–H groups in total. The third-order valence-electron chi connectivity index (χ3n) is 3.42. The number of ether oxygens (including phenoxy) is 1. The lowest BCUT2D eigenvalue weighted by Crippen LogP contribution is -2.32. The summed E-state index contributed by atoms with van der Waals surface area (Å²) in [6.45, 7) is 1.92. The van der Waals surface area contributed by atoms with Crippen molar-refractivity contribution in [3.05, 3.63) is 68.7 Å². The number of carbonyl (C=O) groups excluding carboxylic acids is 3. The number of amides is 2. The number of nitrogens with zero attached hydrogens (tertiary/aromatic N) is 2. The smallest absolute Gasteiger partial charge is 0.338 e. The van der Waals surface area contributed by atoms with Gasteiger partial charge in [-0.15, -0.1) is 0 Å². The Bertz CT molecular complexity index is 975. The summed E-state index contributed by atoms with van der Waals surface area (Å²) in [4.78, 5) is 45.4. The highest BCUT2D eigenvalue weighted by Crippen LogP contribution is 2.20. The van der Waals surface area contributed by atoms with E-state index in [0.717, 1.165) is 6.21 Å². The standard InChI is InChI=1S/C18H15ClN4O6/c1-2-29-18(26)11-3-5-13(6-4-11)21-16(24)17(25)22-20-10-12-9-14(23(27)28)7-8-15(12)19/h3-10H,2H2,1H3,(H,21,24)(H,22,25)/b20-10-. The Balaban J connectivity index is 1.95. The van der Waals surface area contributed by atoms with Crippen molar-refractivity contribution in [2.75, 3.05) is 11.9 Å². The van der Waals surface area contributed by atoms with E-state index in [0.29, 0.717) is 5.56 Å². The number of hydrazone groups is 1. The van der Waals surface area contributed by atoms with Crippen LogP contribution in [0, 0.1) is 10.1 Å². The van der Waals surface area contributed by atoms with Gasteiger partial charge in [0.2, 0.25) is 0 Å². The SMILES string of the molecule is CCOC(=O)c1ccc(NC(=O)C(=O)N/N=C\c2cc([N+](=O)[O-])ccc2Cl)cc1. The first kappa shape index (κ1) is 21.5. The van der Waals surface area contributed by atoms with Crippen LogP contribution in [0.1, 0.15) is 22.8 Å². The van der Waals surface area contributed by atoms with E-state index in [-0.39, 0.29) is 28.6 Å². The summed E-state index contributed by atoms with van der Waals surface area (Å²) >= 11 is 5.90. The molecule has 0 radical (unpaired) electrons. The van der Waals surface area contributed by atoms with Gasteiger partial charge in [0.05, 0.1) is 23.3 Å². The van der Waals surface area contributed by atoms with Crippen molar-refractivity contribution in [2.45, 2.75) is 6.92 Å². The maximum Gasteiger partial charge on any atom is 0.338 e. The number of non-ortho nitro benzene ring substituents is 1. The number of anilines is 1. The van der Waals surface area contributed by atoms with Gasteiger partial charge in [-0.05, 0) is 37.3 Å². The normalized spacial score (nSPS) is 10.4. The van der Waals surface area contributed by atoms with Crippen LogP contribution in [0.25, 0.3) is 0 Å². The molecular weight excluding hydrogens is 404 g/mol. The van der Waals surface area contributed by atoms with Crippen molar-refractivity contribution < 1.29 is 24.0 Å². The predicted molar refractivity (Wildman–Crippen MR) is 105 cm³/mol. The minimum atomic E-state index is -1.07. The lowest BCUT2D eigenvalue weighted by Gasteiger charge is -2.05. The van der Waals surface area contributed by atoms with Gasteiger partial charge in [0.25, 0.3) is 5.69 Å². The number of nitrogens with one attached hydrogen (secondary N) is 2. The molecule has 2 amide bonds. The molecule has 0 aliphatic rings. The number of hydrogen-bond acceptors (Lipinski definition) is 7. The van der Waals surface area contributed by atoms with Gasteiger partial charge >= 0.3 is 17.8 Å². The molecule has 0 heterocycles. The van der Waals surface area contributed by atoms with Gasteiger partial charge in [-0.2, -0.15) is 5.10 Å². The number of benzene rings is 2. The van der Waals surface area contributed by atoms with Crippen LogP contribution < -0.4 is 10.7 Å². The zero-order valence-corrected chi connectivity index (χ0v) is 15.8. The minimum Gasteiger partial charge on any atom is -0.462 e. The summed E-state index contributed by atoms with van der Waals surface area (Å²) < 4.78 is 4.84. The third-order valence-corrected chi connectivity index (χ3v) is 3.76. The topological polar surface area (TPSA) is 140 Å². The zero-order chi connectivity index (χ0) is 21.4. The highest BCUT2D eigenvalue weighted by Gasteiger charge is 2.14. The average molecular weight is 419 g/mol. The van der Waals surface area contributed by atoms with Crippen molar-refractivity contribution in [3.8, 4) is 0 Å². The Morgan fingerprint density at radius 3 is 2.48 bits per heavy atom. The van der Waals surface area contributed by atoms with Crippen molar-refractivity contribution in [1.29, 1.82) is 0 Å². The molecule has 11 heteroatoms. The summed E-state index contributed by atoms with van der Waals surface area (Å²) in [5.74, 6) is -2.58. The van der Waals surface area contributed by atoms with E-state index in [9.17, 15) is 24.5 Å². The third kappa shape index (κ3) is 6.11. The molecule has 29 heavy (non-hydrogen) atoms. The highest BCUT2D eigenvalue weighted by molar-refractivity contribution is 6.39. The van der Waals surface area contributed by atoms with Gasteiger partial charge in [-0.25, -0.2) is 10.2 Å². The summed E-state index contributed by atoms with van der Waals surface area (Å²) in [6, 6.07) is 9.45. The van der Waals surface area contributed by atoms with Crippen LogP contribution in [0.2, 0.25) is 5.02 Å². The largest absolute Gasteiger partial charge is 0.462 e. The van der Waals surface area contributed by atoms with Crippen LogP contribution in [-0.2, 0) is 14.3 Å². The van der Waals surface area contributed by atoms with E-state index in [1.54, 1.807) is 6.92 Å². The molecule has 0 bridgehead atoms. The number of nitro groups is 1. The Hall–Kier alpha value is -3.79. The molecule has 2 rings (SSSR count). The number of halogens is 1. The molecule has 0 unspecified atom stereocenters. The van der Waals surface area contributed by atoms with E-state index < -0.39 is 22.7 Å². The van der Waals surface area contributed by atoms with Gasteiger partial charge < -0.3 is 10.1 Å². The molecule has 2 aromatic carbocycles. The summed E-state index contributed by atoms with van der Waals surface area (Å²) in [7, 11) is 0. The Morgan fingerprint density at radius 2 is 1.86 bits per heavy atom.